The highest BCUT2D eigenvalue weighted by Crippen LogP contribution is 2.36. The molecule has 1 rings (SSSR count). The maximum atomic E-state index is 13.2. The highest BCUT2D eigenvalue weighted by Gasteiger charge is 2.28. The largest absolute Gasteiger partial charge is 0.482 e. The predicted molar refractivity (Wildman–Crippen MR) is 158 cm³/mol. The second-order valence-electron chi connectivity index (χ2n) is 9.47. The SMILES string of the molecule is CCC(CCSC[C@H](NC(=O)CC[C@H](N)C(=O)O)C(=O)NCC(=O)O)C(=O)c1ccc(OCC(=O)NCC(F)(F)F)c(Cl)c1Cl. The third-order valence-corrected chi connectivity index (χ3v) is 7.94. The summed E-state index contributed by atoms with van der Waals surface area (Å²) in [5.74, 6) is -5.81. The van der Waals surface area contributed by atoms with E-state index in [1.54, 1.807) is 12.2 Å². The fourth-order valence-corrected chi connectivity index (χ4v) is 5.10. The number of benzene rings is 1. The van der Waals surface area contributed by atoms with Gasteiger partial charge in [-0.1, -0.05) is 30.1 Å². The quantitative estimate of drug-likeness (QED) is 0.0855. The molecule has 13 nitrogen and oxygen atoms in total. The summed E-state index contributed by atoms with van der Waals surface area (Å²) in [7, 11) is 0. The highest BCUT2D eigenvalue weighted by molar-refractivity contribution is 7.99. The van der Waals surface area contributed by atoms with Crippen LogP contribution in [0, 0.1) is 5.92 Å². The van der Waals surface area contributed by atoms with E-state index in [9.17, 15) is 41.9 Å². The van der Waals surface area contributed by atoms with Gasteiger partial charge in [-0.05, 0) is 37.1 Å². The van der Waals surface area contributed by atoms with E-state index in [2.05, 4.69) is 10.6 Å². The summed E-state index contributed by atoms with van der Waals surface area (Å²) in [6.45, 7) is -1.25. The number of amides is 3. The van der Waals surface area contributed by atoms with E-state index in [4.69, 9.17) is 43.9 Å². The lowest BCUT2D eigenvalue weighted by molar-refractivity contribution is -0.139. The minimum atomic E-state index is -4.60. The van der Waals surface area contributed by atoms with Crippen molar-refractivity contribution in [3.63, 3.8) is 0 Å². The van der Waals surface area contributed by atoms with Crippen LogP contribution in [0.2, 0.25) is 10.0 Å². The van der Waals surface area contributed by atoms with E-state index >= 15 is 0 Å². The molecule has 0 saturated carbocycles. The Balaban J connectivity index is 2.79. The summed E-state index contributed by atoms with van der Waals surface area (Å²) in [6.07, 6.45) is -4.38. The fourth-order valence-electron chi connectivity index (χ4n) is 3.54. The van der Waals surface area contributed by atoms with Crippen LogP contribution < -0.4 is 26.4 Å². The Morgan fingerprint density at radius 2 is 1.69 bits per heavy atom. The first-order valence-electron chi connectivity index (χ1n) is 13.3. The first kappa shape index (κ1) is 39.7. The molecule has 0 aliphatic carbocycles. The highest BCUT2D eigenvalue weighted by atomic mass is 35.5. The van der Waals surface area contributed by atoms with Crippen molar-refractivity contribution in [3.05, 3.63) is 27.7 Å². The van der Waals surface area contributed by atoms with E-state index in [1.807, 2.05) is 0 Å². The van der Waals surface area contributed by atoms with Crippen molar-refractivity contribution in [2.75, 3.05) is 31.2 Å². The summed E-state index contributed by atoms with van der Waals surface area (Å²) in [6, 6.07) is 0.129. The Morgan fingerprint density at radius 1 is 1.02 bits per heavy atom. The molecule has 1 aromatic carbocycles. The van der Waals surface area contributed by atoms with Crippen molar-refractivity contribution in [3.8, 4) is 5.75 Å². The molecule has 252 valence electrons. The second kappa shape index (κ2) is 19.3. The number of aliphatic carboxylic acids is 2. The number of carboxylic acids is 2. The molecule has 0 spiro atoms. The number of Topliss-reactive ketones (excluding diaryl/α,β-unsaturated/α-hetero) is 1. The summed E-state index contributed by atoms with van der Waals surface area (Å²) < 4.78 is 41.9. The summed E-state index contributed by atoms with van der Waals surface area (Å²) in [5, 5.41) is 23.5. The lowest BCUT2D eigenvalue weighted by Gasteiger charge is -2.19. The van der Waals surface area contributed by atoms with Gasteiger partial charge in [0.05, 0.1) is 5.02 Å². The lowest BCUT2D eigenvalue weighted by Crippen LogP contribution is -2.49. The molecule has 3 amide bonds. The first-order chi connectivity index (χ1) is 21.0. The average molecular weight is 706 g/mol. The zero-order valence-electron chi connectivity index (χ0n) is 23.9. The predicted octanol–water partition coefficient (Wildman–Crippen LogP) is 2.26. The van der Waals surface area contributed by atoms with Crippen LogP contribution in [0.1, 0.15) is 43.0 Å². The van der Waals surface area contributed by atoms with Gasteiger partial charge in [0.25, 0.3) is 5.91 Å². The van der Waals surface area contributed by atoms with Gasteiger partial charge in [-0.15, -0.1) is 0 Å². The van der Waals surface area contributed by atoms with Crippen molar-refractivity contribution in [2.24, 2.45) is 11.7 Å². The number of hydrogen-bond donors (Lipinski definition) is 6. The number of carbonyl (C=O) groups excluding carboxylic acids is 4. The van der Waals surface area contributed by atoms with Crippen molar-refractivity contribution in [1.82, 2.24) is 16.0 Å². The Labute approximate surface area is 270 Å². The number of hydrogen-bond acceptors (Lipinski definition) is 9. The minimum Gasteiger partial charge on any atom is -0.482 e. The number of nitrogens with one attached hydrogen (secondary N) is 3. The zero-order valence-corrected chi connectivity index (χ0v) is 26.2. The minimum absolute atomic E-state index is 0.00195. The molecule has 0 aliphatic rings. The standard InChI is InChI=1S/C26H33Cl2F3N4O9S/c1-2-13(23(40)14-3-5-17(22(28)21(14)27)44-10-19(37)34-12-26(29,30)31)7-8-45-11-16(24(41)33-9-20(38)39)35-18(36)6-4-15(32)25(42)43/h3,5,13,15-16H,2,4,6-12,32H2,1H3,(H,33,41)(H,34,37)(H,35,36)(H,38,39)(H,42,43)/t13?,15-,16-/m0/s1. The van der Waals surface area contributed by atoms with Crippen LogP contribution in [0.25, 0.3) is 0 Å². The molecule has 0 saturated heterocycles. The molecule has 0 bridgehead atoms. The zero-order chi connectivity index (χ0) is 34.3. The number of ketones is 1. The smallest absolute Gasteiger partial charge is 0.405 e. The van der Waals surface area contributed by atoms with Crippen molar-refractivity contribution >= 4 is 70.4 Å². The topological polar surface area (TPSA) is 214 Å². The third-order valence-electron chi connectivity index (χ3n) is 5.98. The molecule has 0 radical (unpaired) electrons. The van der Waals surface area contributed by atoms with Crippen LogP contribution >= 0.6 is 35.0 Å². The van der Waals surface area contributed by atoms with Crippen molar-refractivity contribution in [1.29, 1.82) is 0 Å². The summed E-state index contributed by atoms with van der Waals surface area (Å²) in [4.78, 5) is 71.3. The van der Waals surface area contributed by atoms with Gasteiger partial charge in [0.2, 0.25) is 11.8 Å². The van der Waals surface area contributed by atoms with Gasteiger partial charge in [0, 0.05) is 23.7 Å². The summed E-state index contributed by atoms with van der Waals surface area (Å²) >= 11 is 13.7. The molecule has 0 heterocycles. The lowest BCUT2D eigenvalue weighted by atomic mass is 9.93. The number of carbonyl (C=O) groups is 6. The number of carboxylic acid groups (broad SMARTS) is 2. The van der Waals surface area contributed by atoms with Gasteiger partial charge in [0.15, 0.2) is 12.4 Å². The number of rotatable bonds is 20. The van der Waals surface area contributed by atoms with Crippen molar-refractivity contribution < 1.29 is 56.9 Å². The maximum absolute atomic E-state index is 13.2. The number of ether oxygens (including phenoxy) is 1. The molecule has 1 unspecified atom stereocenters. The van der Waals surface area contributed by atoms with E-state index in [0.717, 1.165) is 0 Å². The van der Waals surface area contributed by atoms with Gasteiger partial charge in [-0.2, -0.15) is 24.9 Å². The Bertz CT molecular complexity index is 1240. The van der Waals surface area contributed by atoms with E-state index < -0.39 is 73.5 Å². The van der Waals surface area contributed by atoms with Gasteiger partial charge in [-0.3, -0.25) is 28.8 Å². The Morgan fingerprint density at radius 3 is 2.27 bits per heavy atom. The van der Waals surface area contributed by atoms with Crippen LogP contribution in [-0.4, -0.2) is 95.1 Å². The average Bonchev–Trinajstić information content (AvgIpc) is 2.96. The molecule has 1 aromatic rings. The molecular weight excluding hydrogens is 672 g/mol. The molecule has 0 aromatic heterocycles. The molecule has 19 heteroatoms. The molecular formula is C26H33Cl2F3N4O9S. The molecule has 0 aliphatic heterocycles. The van der Waals surface area contributed by atoms with Crippen LogP contribution in [0.4, 0.5) is 13.2 Å². The van der Waals surface area contributed by atoms with Gasteiger partial charge in [0.1, 0.15) is 35.9 Å². The summed E-state index contributed by atoms with van der Waals surface area (Å²) in [5.41, 5.74) is 5.44. The number of nitrogens with two attached hydrogens (primary N) is 1. The Hall–Kier alpha value is -3.28. The van der Waals surface area contributed by atoms with E-state index in [0.29, 0.717) is 18.6 Å². The van der Waals surface area contributed by atoms with Crippen LogP contribution in [-0.2, 0) is 24.0 Å². The fraction of sp³-hybridized carbons (Fsp3) is 0.538. The van der Waals surface area contributed by atoms with E-state index in [-0.39, 0.29) is 45.7 Å². The molecule has 45 heavy (non-hydrogen) atoms. The van der Waals surface area contributed by atoms with Crippen LogP contribution in [0.3, 0.4) is 0 Å². The molecule has 3 atom stereocenters. The number of thioether (sulfide) groups is 1. The Kier molecular flexibility index (Phi) is 17.0. The van der Waals surface area contributed by atoms with Gasteiger partial charge < -0.3 is 36.6 Å². The van der Waals surface area contributed by atoms with Crippen LogP contribution in [0.15, 0.2) is 12.1 Å². The molecule has 0 fully saturated rings. The van der Waals surface area contributed by atoms with Gasteiger partial charge >= 0.3 is 18.1 Å². The second-order valence-corrected chi connectivity index (χ2v) is 11.4. The normalized spacial score (nSPS) is 13.2. The van der Waals surface area contributed by atoms with E-state index in [1.165, 1.54) is 23.9 Å². The van der Waals surface area contributed by atoms with Crippen molar-refractivity contribution in [2.45, 2.75) is 50.9 Å². The maximum Gasteiger partial charge on any atom is 0.405 e. The first-order valence-corrected chi connectivity index (χ1v) is 15.2. The van der Waals surface area contributed by atoms with Gasteiger partial charge in [-0.25, -0.2) is 0 Å². The number of halogens is 5. The third kappa shape index (κ3) is 15.0. The van der Waals surface area contributed by atoms with Crippen LogP contribution in [0.5, 0.6) is 5.75 Å². The monoisotopic (exact) mass is 704 g/mol. The number of alkyl halides is 3. The molecule has 7 N–H and O–H groups in total.